The molecule has 5 heteroatoms. The van der Waals surface area contributed by atoms with Crippen LogP contribution in [0.2, 0.25) is 0 Å². The molecular formula is C19H26N2O3. The number of para-hydroxylation sites is 1. The summed E-state index contributed by atoms with van der Waals surface area (Å²) in [4.78, 5) is 14.4. The first-order chi connectivity index (χ1) is 11.8. The first-order valence-electron chi connectivity index (χ1n) is 8.82. The molecule has 2 heterocycles. The monoisotopic (exact) mass is 330 g/mol. The minimum Gasteiger partial charge on any atom is -0.396 e. The van der Waals surface area contributed by atoms with Gasteiger partial charge in [-0.25, -0.2) is 0 Å². The van der Waals surface area contributed by atoms with Crippen LogP contribution in [-0.2, 0) is 16.1 Å². The van der Waals surface area contributed by atoms with Gasteiger partial charge in [0.05, 0.1) is 6.10 Å². The molecule has 1 fully saturated rings. The summed E-state index contributed by atoms with van der Waals surface area (Å²) >= 11 is 0. The number of ether oxygens (including phenoxy) is 1. The fraction of sp³-hybridized carbons (Fsp3) is 0.526. The number of likely N-dealkylation sites (tertiary alicyclic amines) is 1. The summed E-state index contributed by atoms with van der Waals surface area (Å²) < 4.78 is 7.87. The number of benzene rings is 1. The lowest BCUT2D eigenvalue weighted by molar-refractivity contribution is -0.134. The van der Waals surface area contributed by atoms with Gasteiger partial charge in [0.1, 0.15) is 0 Å². The summed E-state index contributed by atoms with van der Waals surface area (Å²) in [5.74, 6) is 0.224. The van der Waals surface area contributed by atoms with E-state index in [-0.39, 0.29) is 18.6 Å². The number of rotatable bonds is 7. The standard InChI is InChI=1S/C19H26N2O3/c22-14-3-15-24-17-7-11-21(12-8-17)19(23)9-13-20-10-6-16-4-1-2-5-18(16)20/h1-2,4-6,10,17,22H,3,7-9,11-15H2. The van der Waals surface area contributed by atoms with Crippen LogP contribution in [0.1, 0.15) is 25.7 Å². The van der Waals surface area contributed by atoms with E-state index in [2.05, 4.69) is 29.0 Å². The Labute approximate surface area is 142 Å². The largest absolute Gasteiger partial charge is 0.396 e. The summed E-state index contributed by atoms with van der Waals surface area (Å²) in [7, 11) is 0. The van der Waals surface area contributed by atoms with Crippen molar-refractivity contribution in [2.75, 3.05) is 26.3 Å². The number of aromatic nitrogens is 1. The van der Waals surface area contributed by atoms with Gasteiger partial charge in [-0.3, -0.25) is 4.79 Å². The smallest absolute Gasteiger partial charge is 0.224 e. The van der Waals surface area contributed by atoms with E-state index in [0.29, 0.717) is 19.4 Å². The summed E-state index contributed by atoms with van der Waals surface area (Å²) in [6.45, 7) is 3.05. The fourth-order valence-corrected chi connectivity index (χ4v) is 3.30. The van der Waals surface area contributed by atoms with E-state index >= 15 is 0 Å². The van der Waals surface area contributed by atoms with Crippen molar-refractivity contribution in [3.8, 4) is 0 Å². The molecule has 0 aliphatic carbocycles. The van der Waals surface area contributed by atoms with Crippen molar-refractivity contribution in [1.29, 1.82) is 0 Å². The molecule has 1 aliphatic rings. The SMILES string of the molecule is O=C(CCn1ccc2ccccc21)N1CCC(OCCCO)CC1. The molecule has 2 aromatic rings. The predicted molar refractivity (Wildman–Crippen MR) is 93.8 cm³/mol. The number of aryl methyl sites for hydroxylation is 1. The van der Waals surface area contributed by atoms with Crippen LogP contribution in [0.4, 0.5) is 0 Å². The maximum Gasteiger partial charge on any atom is 0.224 e. The quantitative estimate of drug-likeness (QED) is 0.793. The van der Waals surface area contributed by atoms with Gasteiger partial charge in [-0.1, -0.05) is 18.2 Å². The van der Waals surface area contributed by atoms with Crippen LogP contribution in [0, 0.1) is 0 Å². The molecule has 1 aromatic heterocycles. The highest BCUT2D eigenvalue weighted by Crippen LogP contribution is 2.17. The first kappa shape index (κ1) is 17.0. The van der Waals surface area contributed by atoms with Crippen LogP contribution in [0.25, 0.3) is 10.9 Å². The van der Waals surface area contributed by atoms with Crippen LogP contribution in [-0.4, -0.2) is 52.9 Å². The molecule has 1 saturated heterocycles. The van der Waals surface area contributed by atoms with E-state index in [0.717, 1.165) is 32.5 Å². The van der Waals surface area contributed by atoms with Gasteiger partial charge in [0.25, 0.3) is 0 Å². The molecule has 24 heavy (non-hydrogen) atoms. The van der Waals surface area contributed by atoms with Gasteiger partial charge in [-0.2, -0.15) is 0 Å². The lowest BCUT2D eigenvalue weighted by atomic mass is 10.1. The summed E-state index contributed by atoms with van der Waals surface area (Å²) in [6, 6.07) is 10.3. The molecule has 1 aromatic carbocycles. The minimum absolute atomic E-state index is 0.172. The zero-order valence-electron chi connectivity index (χ0n) is 14.1. The molecule has 0 radical (unpaired) electrons. The van der Waals surface area contributed by atoms with Gasteiger partial charge < -0.3 is 19.3 Å². The number of hydrogen-bond donors (Lipinski definition) is 1. The Balaban J connectivity index is 1.44. The Morgan fingerprint density at radius 2 is 2.00 bits per heavy atom. The van der Waals surface area contributed by atoms with Crippen molar-refractivity contribution < 1.29 is 14.6 Å². The van der Waals surface area contributed by atoms with Crippen molar-refractivity contribution in [3.63, 3.8) is 0 Å². The Hall–Kier alpha value is -1.85. The van der Waals surface area contributed by atoms with E-state index in [9.17, 15) is 4.79 Å². The lowest BCUT2D eigenvalue weighted by Gasteiger charge is -2.32. The van der Waals surface area contributed by atoms with Gasteiger partial charge in [-0.05, 0) is 36.8 Å². The van der Waals surface area contributed by atoms with Crippen molar-refractivity contribution in [1.82, 2.24) is 9.47 Å². The Bertz CT molecular complexity index is 659. The van der Waals surface area contributed by atoms with E-state index in [4.69, 9.17) is 9.84 Å². The normalized spacial score (nSPS) is 16.0. The zero-order chi connectivity index (χ0) is 16.8. The fourth-order valence-electron chi connectivity index (χ4n) is 3.30. The molecule has 1 amide bonds. The molecule has 1 N–H and O–H groups in total. The number of carbonyl (C=O) groups excluding carboxylic acids is 1. The van der Waals surface area contributed by atoms with Gasteiger partial charge >= 0.3 is 0 Å². The van der Waals surface area contributed by atoms with Crippen LogP contribution < -0.4 is 0 Å². The average Bonchev–Trinajstić information content (AvgIpc) is 3.04. The topological polar surface area (TPSA) is 54.7 Å². The zero-order valence-corrected chi connectivity index (χ0v) is 14.1. The third kappa shape index (κ3) is 4.16. The molecule has 5 nitrogen and oxygen atoms in total. The third-order valence-electron chi connectivity index (χ3n) is 4.70. The van der Waals surface area contributed by atoms with Crippen molar-refractivity contribution in [2.45, 2.75) is 38.3 Å². The van der Waals surface area contributed by atoms with Gasteiger partial charge in [-0.15, -0.1) is 0 Å². The summed E-state index contributed by atoms with van der Waals surface area (Å²) in [5, 5.41) is 9.99. The molecule has 1 aliphatic heterocycles. The second-order valence-corrected chi connectivity index (χ2v) is 6.35. The van der Waals surface area contributed by atoms with E-state index in [1.54, 1.807) is 0 Å². The molecule has 0 spiro atoms. The number of piperidine rings is 1. The number of amides is 1. The van der Waals surface area contributed by atoms with Crippen LogP contribution >= 0.6 is 0 Å². The number of aliphatic hydroxyl groups is 1. The first-order valence-corrected chi connectivity index (χ1v) is 8.82. The maximum absolute atomic E-state index is 12.4. The molecule has 0 unspecified atom stereocenters. The van der Waals surface area contributed by atoms with E-state index < -0.39 is 0 Å². The van der Waals surface area contributed by atoms with Crippen LogP contribution in [0.15, 0.2) is 36.5 Å². The summed E-state index contributed by atoms with van der Waals surface area (Å²) in [5.41, 5.74) is 1.18. The molecule has 0 saturated carbocycles. The minimum atomic E-state index is 0.172. The Kier molecular flexibility index (Phi) is 5.88. The van der Waals surface area contributed by atoms with Gasteiger partial charge in [0.15, 0.2) is 0 Å². The van der Waals surface area contributed by atoms with Crippen molar-refractivity contribution in [2.24, 2.45) is 0 Å². The number of fused-ring (bicyclic) bond motifs is 1. The third-order valence-corrected chi connectivity index (χ3v) is 4.70. The van der Waals surface area contributed by atoms with E-state index in [1.807, 2.05) is 17.0 Å². The van der Waals surface area contributed by atoms with E-state index in [1.165, 1.54) is 10.9 Å². The lowest BCUT2D eigenvalue weighted by Crippen LogP contribution is -2.41. The van der Waals surface area contributed by atoms with Crippen LogP contribution in [0.3, 0.4) is 0 Å². The van der Waals surface area contributed by atoms with Gasteiger partial charge in [0.2, 0.25) is 5.91 Å². The number of nitrogens with zero attached hydrogens (tertiary/aromatic N) is 2. The second-order valence-electron chi connectivity index (χ2n) is 6.35. The number of hydrogen-bond acceptors (Lipinski definition) is 3. The average molecular weight is 330 g/mol. The van der Waals surface area contributed by atoms with Crippen molar-refractivity contribution in [3.05, 3.63) is 36.5 Å². The predicted octanol–water partition coefficient (Wildman–Crippen LogP) is 2.42. The molecule has 3 rings (SSSR count). The Morgan fingerprint density at radius 1 is 1.21 bits per heavy atom. The molecule has 0 bridgehead atoms. The molecular weight excluding hydrogens is 304 g/mol. The second kappa shape index (κ2) is 8.31. The maximum atomic E-state index is 12.4. The summed E-state index contributed by atoms with van der Waals surface area (Å²) in [6.07, 6.45) is 5.29. The Morgan fingerprint density at radius 3 is 2.79 bits per heavy atom. The van der Waals surface area contributed by atoms with Crippen molar-refractivity contribution >= 4 is 16.8 Å². The van der Waals surface area contributed by atoms with Crippen LogP contribution in [0.5, 0.6) is 0 Å². The highest BCUT2D eigenvalue weighted by atomic mass is 16.5. The molecule has 130 valence electrons. The highest BCUT2D eigenvalue weighted by molar-refractivity contribution is 5.80. The number of aliphatic hydroxyl groups excluding tert-OH is 1. The highest BCUT2D eigenvalue weighted by Gasteiger charge is 2.22. The molecule has 0 atom stereocenters. The van der Waals surface area contributed by atoms with Gasteiger partial charge in [0, 0.05) is 51.0 Å². The number of carbonyl (C=O) groups is 1.